The molecule has 3 N–H and O–H groups in total. The summed E-state index contributed by atoms with van der Waals surface area (Å²) in [6, 6.07) is 6.01. The summed E-state index contributed by atoms with van der Waals surface area (Å²) < 4.78 is 0. The second kappa shape index (κ2) is 7.93. The number of hydrogen-bond donors (Lipinski definition) is 3. The molecule has 0 aliphatic rings. The maximum absolute atomic E-state index is 11.8. The average Bonchev–Trinajstić information content (AvgIpc) is 2.42. The molecule has 1 aromatic carbocycles. The smallest absolute Gasteiger partial charge is 0.336 e. The molecule has 0 spiro atoms. The number of nitrogens with one attached hydrogen (secondary N) is 1. The predicted octanol–water partition coefficient (Wildman–Crippen LogP) is 1.76. The Labute approximate surface area is 116 Å². The lowest BCUT2D eigenvalue weighted by Gasteiger charge is -2.07. The molecule has 0 saturated carbocycles. The van der Waals surface area contributed by atoms with Crippen LogP contribution in [0.1, 0.15) is 46.4 Å². The first-order chi connectivity index (χ1) is 9.52. The van der Waals surface area contributed by atoms with Crippen LogP contribution in [-0.4, -0.2) is 34.6 Å². The fourth-order valence-corrected chi connectivity index (χ4v) is 1.74. The SMILES string of the molecule is O=C(O)CCCCCNC(=O)c1ccccc1C(=O)O. The Balaban J connectivity index is 2.40. The fourth-order valence-electron chi connectivity index (χ4n) is 1.74. The number of carboxylic acid groups (broad SMARTS) is 2. The Kier molecular flexibility index (Phi) is 6.22. The molecular weight excluding hydrogens is 262 g/mol. The zero-order valence-electron chi connectivity index (χ0n) is 11.0. The van der Waals surface area contributed by atoms with Crippen molar-refractivity contribution >= 4 is 17.8 Å². The molecule has 0 bridgehead atoms. The van der Waals surface area contributed by atoms with E-state index in [0.29, 0.717) is 25.8 Å². The van der Waals surface area contributed by atoms with Gasteiger partial charge in [-0.2, -0.15) is 0 Å². The van der Waals surface area contributed by atoms with Crippen LogP contribution in [0.5, 0.6) is 0 Å². The van der Waals surface area contributed by atoms with Crippen molar-refractivity contribution in [3.05, 3.63) is 35.4 Å². The molecule has 6 nitrogen and oxygen atoms in total. The number of amides is 1. The van der Waals surface area contributed by atoms with E-state index in [-0.39, 0.29) is 17.5 Å². The van der Waals surface area contributed by atoms with Gasteiger partial charge in [-0.05, 0) is 25.0 Å². The number of aromatic carboxylic acids is 1. The molecule has 108 valence electrons. The van der Waals surface area contributed by atoms with Gasteiger partial charge in [-0.25, -0.2) is 4.79 Å². The summed E-state index contributed by atoms with van der Waals surface area (Å²) in [6.45, 7) is 0.395. The molecule has 0 fully saturated rings. The van der Waals surface area contributed by atoms with Gasteiger partial charge in [0.15, 0.2) is 0 Å². The molecule has 20 heavy (non-hydrogen) atoms. The molecular formula is C14H17NO5. The van der Waals surface area contributed by atoms with E-state index in [9.17, 15) is 14.4 Å². The second-order valence-electron chi connectivity index (χ2n) is 4.31. The topological polar surface area (TPSA) is 104 Å². The number of unbranched alkanes of at least 4 members (excludes halogenated alkanes) is 2. The Bertz CT molecular complexity index is 498. The molecule has 6 heteroatoms. The van der Waals surface area contributed by atoms with Crippen molar-refractivity contribution in [3.8, 4) is 0 Å². The largest absolute Gasteiger partial charge is 0.481 e. The van der Waals surface area contributed by atoms with Gasteiger partial charge in [0.25, 0.3) is 5.91 Å². The highest BCUT2D eigenvalue weighted by atomic mass is 16.4. The van der Waals surface area contributed by atoms with Crippen molar-refractivity contribution in [2.24, 2.45) is 0 Å². The van der Waals surface area contributed by atoms with E-state index in [1.807, 2.05) is 0 Å². The number of benzene rings is 1. The fraction of sp³-hybridized carbons (Fsp3) is 0.357. The van der Waals surface area contributed by atoms with Crippen molar-refractivity contribution < 1.29 is 24.6 Å². The standard InChI is InChI=1S/C14H17NO5/c16-12(17)8-2-1-5-9-15-13(18)10-6-3-4-7-11(10)14(19)20/h3-4,6-7H,1-2,5,8-9H2,(H,15,18)(H,16,17)(H,19,20). The Morgan fingerprint density at radius 3 is 2.20 bits per heavy atom. The Hall–Kier alpha value is -2.37. The number of carboxylic acids is 2. The molecule has 0 radical (unpaired) electrons. The third-order valence-corrected chi connectivity index (χ3v) is 2.76. The van der Waals surface area contributed by atoms with E-state index >= 15 is 0 Å². The highest BCUT2D eigenvalue weighted by Gasteiger charge is 2.14. The highest BCUT2D eigenvalue weighted by Crippen LogP contribution is 2.08. The third-order valence-electron chi connectivity index (χ3n) is 2.76. The first kappa shape index (κ1) is 15.7. The van der Waals surface area contributed by atoms with Crippen LogP contribution in [0.3, 0.4) is 0 Å². The summed E-state index contributed by atoms with van der Waals surface area (Å²) in [7, 11) is 0. The molecule has 0 aliphatic heterocycles. The number of rotatable bonds is 8. The van der Waals surface area contributed by atoms with Crippen LogP contribution in [-0.2, 0) is 4.79 Å². The van der Waals surface area contributed by atoms with Crippen LogP contribution >= 0.6 is 0 Å². The van der Waals surface area contributed by atoms with Gasteiger partial charge in [0.05, 0.1) is 11.1 Å². The molecule has 0 heterocycles. The van der Waals surface area contributed by atoms with Gasteiger partial charge in [0, 0.05) is 13.0 Å². The number of hydrogen-bond acceptors (Lipinski definition) is 3. The van der Waals surface area contributed by atoms with Gasteiger partial charge >= 0.3 is 11.9 Å². The molecule has 0 atom stereocenters. The van der Waals surface area contributed by atoms with Crippen LogP contribution < -0.4 is 5.32 Å². The molecule has 0 saturated heterocycles. The summed E-state index contributed by atoms with van der Waals surface area (Å²) in [4.78, 5) is 33.1. The average molecular weight is 279 g/mol. The number of aliphatic carboxylic acids is 1. The molecule has 1 rings (SSSR count). The predicted molar refractivity (Wildman–Crippen MR) is 71.8 cm³/mol. The van der Waals surface area contributed by atoms with Crippen LogP contribution in [0.2, 0.25) is 0 Å². The minimum Gasteiger partial charge on any atom is -0.481 e. The van der Waals surface area contributed by atoms with Gasteiger partial charge in [0.2, 0.25) is 0 Å². The molecule has 0 aromatic heterocycles. The van der Waals surface area contributed by atoms with Crippen molar-refractivity contribution in [3.63, 3.8) is 0 Å². The first-order valence-corrected chi connectivity index (χ1v) is 6.34. The van der Waals surface area contributed by atoms with E-state index in [2.05, 4.69) is 5.32 Å². The number of carbonyl (C=O) groups is 3. The molecule has 0 unspecified atom stereocenters. The van der Waals surface area contributed by atoms with Crippen LogP contribution in [0.15, 0.2) is 24.3 Å². The summed E-state index contributed by atoms with van der Waals surface area (Å²) in [5, 5.41) is 20.1. The van der Waals surface area contributed by atoms with Crippen molar-refractivity contribution in [1.82, 2.24) is 5.32 Å². The lowest BCUT2D eigenvalue weighted by Crippen LogP contribution is -2.26. The van der Waals surface area contributed by atoms with Crippen LogP contribution in [0.4, 0.5) is 0 Å². The molecule has 1 aromatic rings. The summed E-state index contributed by atoms with van der Waals surface area (Å²) >= 11 is 0. The van der Waals surface area contributed by atoms with E-state index in [0.717, 1.165) is 0 Å². The van der Waals surface area contributed by atoms with E-state index in [1.54, 1.807) is 12.1 Å². The summed E-state index contributed by atoms with van der Waals surface area (Å²) in [6.07, 6.45) is 2.05. The van der Waals surface area contributed by atoms with Gasteiger partial charge in [-0.15, -0.1) is 0 Å². The maximum atomic E-state index is 11.8. The Morgan fingerprint density at radius 1 is 0.950 bits per heavy atom. The zero-order chi connectivity index (χ0) is 15.0. The van der Waals surface area contributed by atoms with Crippen LogP contribution in [0, 0.1) is 0 Å². The van der Waals surface area contributed by atoms with Gasteiger partial charge in [-0.3, -0.25) is 9.59 Å². The lowest BCUT2D eigenvalue weighted by atomic mass is 10.1. The van der Waals surface area contributed by atoms with Crippen molar-refractivity contribution in [1.29, 1.82) is 0 Å². The first-order valence-electron chi connectivity index (χ1n) is 6.34. The quantitative estimate of drug-likeness (QED) is 0.629. The van der Waals surface area contributed by atoms with E-state index in [4.69, 9.17) is 10.2 Å². The van der Waals surface area contributed by atoms with E-state index < -0.39 is 17.8 Å². The van der Waals surface area contributed by atoms with Gasteiger partial charge in [-0.1, -0.05) is 18.6 Å². The number of carbonyl (C=O) groups excluding carboxylic acids is 1. The molecule has 1 amide bonds. The van der Waals surface area contributed by atoms with Gasteiger partial charge in [0.1, 0.15) is 0 Å². The van der Waals surface area contributed by atoms with Crippen molar-refractivity contribution in [2.75, 3.05) is 6.54 Å². The minimum absolute atomic E-state index is 0.0316. The normalized spacial score (nSPS) is 10.0. The van der Waals surface area contributed by atoms with Crippen molar-refractivity contribution in [2.45, 2.75) is 25.7 Å². The zero-order valence-corrected chi connectivity index (χ0v) is 11.0. The Morgan fingerprint density at radius 2 is 1.60 bits per heavy atom. The lowest BCUT2D eigenvalue weighted by molar-refractivity contribution is -0.137. The summed E-state index contributed by atoms with van der Waals surface area (Å²) in [5.41, 5.74) is 0.0985. The van der Waals surface area contributed by atoms with Crippen LogP contribution in [0.25, 0.3) is 0 Å². The van der Waals surface area contributed by atoms with Gasteiger partial charge < -0.3 is 15.5 Å². The monoisotopic (exact) mass is 279 g/mol. The minimum atomic E-state index is -1.14. The highest BCUT2D eigenvalue weighted by molar-refractivity contribution is 6.04. The second-order valence-corrected chi connectivity index (χ2v) is 4.31. The van der Waals surface area contributed by atoms with E-state index in [1.165, 1.54) is 12.1 Å². The summed E-state index contributed by atoms with van der Waals surface area (Å²) in [5.74, 6) is -2.40. The maximum Gasteiger partial charge on any atom is 0.336 e. The third kappa shape index (κ3) is 5.09. The molecule has 0 aliphatic carbocycles.